The van der Waals surface area contributed by atoms with Gasteiger partial charge in [-0.1, -0.05) is 31.7 Å². The van der Waals surface area contributed by atoms with Crippen LogP contribution in [0, 0.1) is 0 Å². The van der Waals surface area contributed by atoms with Crippen LogP contribution in [-0.4, -0.2) is 36.3 Å². The van der Waals surface area contributed by atoms with Gasteiger partial charge in [0.05, 0.1) is 6.10 Å². The summed E-state index contributed by atoms with van der Waals surface area (Å²) in [5, 5.41) is 15.6. The first kappa shape index (κ1) is 18.5. The van der Waals surface area contributed by atoms with Gasteiger partial charge >= 0.3 is 11.8 Å². The molecule has 0 aromatic heterocycles. The van der Waals surface area contributed by atoms with Crippen molar-refractivity contribution in [1.29, 1.82) is 0 Å². The molecule has 0 spiro atoms. The molecular formula is C19H26N2O5. The van der Waals surface area contributed by atoms with Crippen LogP contribution in [0.4, 0.5) is 0 Å². The number of aliphatic hydroxyl groups is 1. The Bertz CT molecular complexity index is 641. The van der Waals surface area contributed by atoms with Gasteiger partial charge in [0, 0.05) is 12.6 Å². The second-order valence-corrected chi connectivity index (χ2v) is 6.84. The lowest BCUT2D eigenvalue weighted by Crippen LogP contribution is -2.44. The van der Waals surface area contributed by atoms with E-state index in [1.807, 2.05) is 0 Å². The fourth-order valence-corrected chi connectivity index (χ4v) is 3.36. The van der Waals surface area contributed by atoms with Crippen LogP contribution in [0.3, 0.4) is 0 Å². The summed E-state index contributed by atoms with van der Waals surface area (Å²) >= 11 is 0. The topological polar surface area (TPSA) is 96.9 Å². The first-order valence-corrected chi connectivity index (χ1v) is 9.30. The summed E-state index contributed by atoms with van der Waals surface area (Å²) in [5.41, 5.74) is 0.686. The molecule has 1 atom stereocenters. The smallest absolute Gasteiger partial charge is 0.309 e. The minimum atomic E-state index is -0.755. The summed E-state index contributed by atoms with van der Waals surface area (Å²) in [7, 11) is 0. The van der Waals surface area contributed by atoms with E-state index in [4.69, 9.17) is 9.47 Å². The molecule has 26 heavy (non-hydrogen) atoms. The molecule has 1 fully saturated rings. The summed E-state index contributed by atoms with van der Waals surface area (Å²) < 4.78 is 10.5. The van der Waals surface area contributed by atoms with E-state index in [1.165, 1.54) is 12.8 Å². The van der Waals surface area contributed by atoms with Gasteiger partial charge in [-0.25, -0.2) is 0 Å². The van der Waals surface area contributed by atoms with Gasteiger partial charge in [0.25, 0.3) is 0 Å². The second kappa shape index (κ2) is 8.89. The third-order valence-corrected chi connectivity index (χ3v) is 4.88. The van der Waals surface area contributed by atoms with Crippen LogP contribution in [0.25, 0.3) is 0 Å². The molecule has 2 aliphatic rings. The molecule has 1 saturated carbocycles. The van der Waals surface area contributed by atoms with Gasteiger partial charge in [-0.2, -0.15) is 0 Å². The van der Waals surface area contributed by atoms with E-state index in [0.29, 0.717) is 23.5 Å². The molecule has 1 unspecified atom stereocenters. The number of carbonyl (C=O) groups excluding carboxylic acids is 2. The Morgan fingerprint density at radius 2 is 1.81 bits per heavy atom. The molecule has 0 bridgehead atoms. The number of benzene rings is 1. The number of nitrogens with one attached hydrogen (secondary N) is 2. The minimum Gasteiger partial charge on any atom is -0.454 e. The van der Waals surface area contributed by atoms with E-state index >= 15 is 0 Å². The van der Waals surface area contributed by atoms with Crippen LogP contribution >= 0.6 is 0 Å². The molecule has 3 N–H and O–H groups in total. The van der Waals surface area contributed by atoms with Crippen molar-refractivity contribution < 1.29 is 24.2 Å². The van der Waals surface area contributed by atoms with E-state index in [1.54, 1.807) is 18.2 Å². The Labute approximate surface area is 153 Å². The average Bonchev–Trinajstić information content (AvgIpc) is 2.97. The van der Waals surface area contributed by atoms with Crippen molar-refractivity contribution in [2.75, 3.05) is 13.3 Å². The minimum absolute atomic E-state index is 0.0926. The van der Waals surface area contributed by atoms with Gasteiger partial charge in [-0.15, -0.1) is 0 Å². The number of ether oxygens (including phenoxy) is 2. The molecule has 1 aliphatic carbocycles. The van der Waals surface area contributed by atoms with Crippen molar-refractivity contribution in [1.82, 2.24) is 10.6 Å². The Morgan fingerprint density at radius 1 is 1.08 bits per heavy atom. The summed E-state index contributed by atoms with van der Waals surface area (Å²) in [5.74, 6) is 0.0272. The Hall–Kier alpha value is -2.28. The number of fused-ring (bicyclic) bond motifs is 1. The van der Waals surface area contributed by atoms with Crippen LogP contribution < -0.4 is 20.1 Å². The van der Waals surface area contributed by atoms with Crippen LogP contribution in [0.1, 0.15) is 56.6 Å². The van der Waals surface area contributed by atoms with Crippen molar-refractivity contribution in [2.45, 2.75) is 57.1 Å². The molecule has 0 radical (unpaired) electrons. The highest BCUT2D eigenvalue weighted by Gasteiger charge is 2.20. The van der Waals surface area contributed by atoms with Gasteiger partial charge < -0.3 is 25.2 Å². The van der Waals surface area contributed by atoms with E-state index < -0.39 is 17.9 Å². The lowest BCUT2D eigenvalue weighted by Gasteiger charge is -2.16. The van der Waals surface area contributed by atoms with E-state index in [-0.39, 0.29) is 19.4 Å². The lowest BCUT2D eigenvalue weighted by atomic mass is 10.1. The summed E-state index contributed by atoms with van der Waals surface area (Å²) in [6.07, 6.45) is 5.98. The Morgan fingerprint density at radius 3 is 2.58 bits per heavy atom. The van der Waals surface area contributed by atoms with Crippen molar-refractivity contribution in [2.24, 2.45) is 0 Å². The maximum atomic E-state index is 12.0. The van der Waals surface area contributed by atoms with Gasteiger partial charge in [0.1, 0.15) is 0 Å². The normalized spacial score (nSPS) is 18.0. The second-order valence-electron chi connectivity index (χ2n) is 6.84. The average molecular weight is 362 g/mol. The van der Waals surface area contributed by atoms with Crippen molar-refractivity contribution >= 4 is 11.8 Å². The molecule has 1 heterocycles. The number of rotatable bonds is 5. The lowest BCUT2D eigenvalue weighted by molar-refractivity contribution is -0.139. The molecule has 0 saturated heterocycles. The first-order chi connectivity index (χ1) is 12.6. The number of hydrogen-bond donors (Lipinski definition) is 3. The monoisotopic (exact) mass is 362 g/mol. The van der Waals surface area contributed by atoms with Crippen molar-refractivity contribution in [3.63, 3.8) is 0 Å². The predicted octanol–water partition coefficient (Wildman–Crippen LogP) is 1.79. The van der Waals surface area contributed by atoms with E-state index in [9.17, 15) is 14.7 Å². The molecular weight excluding hydrogens is 336 g/mol. The van der Waals surface area contributed by atoms with E-state index in [2.05, 4.69) is 10.6 Å². The zero-order valence-corrected chi connectivity index (χ0v) is 14.8. The molecule has 2 amide bonds. The molecule has 1 aliphatic heterocycles. The van der Waals surface area contributed by atoms with Crippen LogP contribution in [0.5, 0.6) is 11.5 Å². The van der Waals surface area contributed by atoms with Gasteiger partial charge in [-0.05, 0) is 37.0 Å². The van der Waals surface area contributed by atoms with Gasteiger partial charge in [0.2, 0.25) is 6.79 Å². The number of amides is 2. The Kier molecular flexibility index (Phi) is 6.33. The number of aliphatic hydroxyl groups excluding tert-OH is 1. The Balaban J connectivity index is 1.40. The summed E-state index contributed by atoms with van der Waals surface area (Å²) in [6.45, 7) is 0.396. The van der Waals surface area contributed by atoms with Crippen molar-refractivity contribution in [3.05, 3.63) is 23.8 Å². The SMILES string of the molecule is O=C(NCCC(O)c1ccc2c(c1)OCO2)C(=O)NC1CCCCCC1. The zero-order chi connectivity index (χ0) is 18.4. The maximum absolute atomic E-state index is 12.0. The van der Waals surface area contributed by atoms with Crippen LogP contribution in [0.2, 0.25) is 0 Å². The quantitative estimate of drug-likeness (QED) is 0.548. The molecule has 3 rings (SSSR count). The highest BCUT2D eigenvalue weighted by atomic mass is 16.7. The third-order valence-electron chi connectivity index (χ3n) is 4.88. The summed E-state index contributed by atoms with van der Waals surface area (Å²) in [6, 6.07) is 5.33. The molecule has 142 valence electrons. The molecule has 1 aromatic carbocycles. The predicted molar refractivity (Wildman–Crippen MR) is 94.8 cm³/mol. The maximum Gasteiger partial charge on any atom is 0.309 e. The standard InChI is InChI=1S/C19H26N2O5/c22-15(13-7-8-16-17(11-13)26-12-25-16)9-10-20-18(23)19(24)21-14-5-3-1-2-4-6-14/h7-8,11,14-15,22H,1-6,9-10,12H2,(H,20,23)(H,21,24). The van der Waals surface area contributed by atoms with Crippen molar-refractivity contribution in [3.8, 4) is 11.5 Å². The number of carbonyl (C=O) groups is 2. The first-order valence-electron chi connectivity index (χ1n) is 9.30. The third kappa shape index (κ3) is 4.88. The highest BCUT2D eigenvalue weighted by molar-refractivity contribution is 6.35. The summed E-state index contributed by atoms with van der Waals surface area (Å²) in [4.78, 5) is 23.9. The van der Waals surface area contributed by atoms with E-state index in [0.717, 1.165) is 25.7 Å². The zero-order valence-electron chi connectivity index (χ0n) is 14.8. The fourth-order valence-electron chi connectivity index (χ4n) is 3.36. The van der Waals surface area contributed by atoms with Crippen LogP contribution in [-0.2, 0) is 9.59 Å². The fraction of sp³-hybridized carbons (Fsp3) is 0.579. The van der Waals surface area contributed by atoms with Gasteiger partial charge in [0.15, 0.2) is 11.5 Å². The molecule has 7 nitrogen and oxygen atoms in total. The van der Waals surface area contributed by atoms with Gasteiger partial charge in [-0.3, -0.25) is 9.59 Å². The highest BCUT2D eigenvalue weighted by Crippen LogP contribution is 2.34. The van der Waals surface area contributed by atoms with Crippen LogP contribution in [0.15, 0.2) is 18.2 Å². The molecule has 7 heteroatoms. The number of hydrogen-bond acceptors (Lipinski definition) is 5. The molecule has 1 aromatic rings. The largest absolute Gasteiger partial charge is 0.454 e.